The molecule has 5 heteroatoms. The van der Waals surface area contributed by atoms with Crippen molar-refractivity contribution in [3.63, 3.8) is 0 Å². The van der Waals surface area contributed by atoms with Crippen molar-refractivity contribution in [3.05, 3.63) is 30.4 Å². The Morgan fingerprint density at radius 2 is 1.32 bits per heavy atom. The minimum Gasteiger partial charge on any atom is -0.332 e. The van der Waals surface area contributed by atoms with E-state index in [-0.39, 0.29) is 0 Å². The summed E-state index contributed by atoms with van der Waals surface area (Å²) in [7, 11) is 0. The molecule has 2 rings (SSSR count). The van der Waals surface area contributed by atoms with Gasteiger partial charge in [0.05, 0.1) is 0 Å². The van der Waals surface area contributed by atoms with E-state index in [2.05, 4.69) is 79.7 Å². The third-order valence-electron chi connectivity index (χ3n) is 3.44. The Morgan fingerprint density at radius 1 is 0.773 bits per heavy atom. The molecule has 5 nitrogen and oxygen atoms in total. The van der Waals surface area contributed by atoms with Crippen LogP contribution in [-0.2, 0) is 0 Å². The zero-order valence-corrected chi connectivity index (χ0v) is 15.3. The molecular formula is C17H31N5. The van der Waals surface area contributed by atoms with Gasteiger partial charge >= 0.3 is 0 Å². The molecule has 0 aliphatic carbocycles. The molecular weight excluding hydrogens is 274 g/mol. The van der Waals surface area contributed by atoms with Crippen LogP contribution in [0.4, 0.5) is 0 Å². The van der Waals surface area contributed by atoms with Crippen LogP contribution < -0.4 is 0 Å². The van der Waals surface area contributed by atoms with Crippen LogP contribution in [0.25, 0.3) is 0 Å². The summed E-state index contributed by atoms with van der Waals surface area (Å²) in [6.45, 7) is 17.2. The highest BCUT2D eigenvalue weighted by molar-refractivity contribution is 4.98. The summed E-state index contributed by atoms with van der Waals surface area (Å²) in [6, 6.07) is 0.984. The van der Waals surface area contributed by atoms with Gasteiger partial charge in [-0.25, -0.2) is 4.98 Å². The second-order valence-corrected chi connectivity index (χ2v) is 6.79. The third-order valence-corrected chi connectivity index (χ3v) is 3.44. The second kappa shape index (κ2) is 8.11. The molecule has 2 heterocycles. The summed E-state index contributed by atoms with van der Waals surface area (Å²) in [5.74, 6) is 3.23. The van der Waals surface area contributed by atoms with Gasteiger partial charge in [-0.2, -0.15) is 0 Å². The van der Waals surface area contributed by atoms with Crippen molar-refractivity contribution in [3.8, 4) is 0 Å². The zero-order chi connectivity index (χ0) is 16.9. The first-order valence-corrected chi connectivity index (χ1v) is 8.17. The van der Waals surface area contributed by atoms with Gasteiger partial charge in [0.1, 0.15) is 18.0 Å². The van der Waals surface area contributed by atoms with E-state index in [0.717, 1.165) is 5.82 Å². The van der Waals surface area contributed by atoms with E-state index in [1.54, 1.807) is 6.33 Å². The fourth-order valence-electron chi connectivity index (χ4n) is 2.27. The molecule has 0 saturated heterocycles. The number of rotatable bonds is 4. The first kappa shape index (κ1) is 18.4. The number of hydrogen-bond acceptors (Lipinski definition) is 3. The van der Waals surface area contributed by atoms with Gasteiger partial charge in [-0.05, 0) is 27.7 Å². The second-order valence-electron chi connectivity index (χ2n) is 6.79. The number of imidazole rings is 1. The SMILES string of the molecule is CC(C)c1nccn1C(C)C.CC(C)c1nncn1C(C)C. The van der Waals surface area contributed by atoms with E-state index < -0.39 is 0 Å². The lowest BCUT2D eigenvalue weighted by molar-refractivity contribution is 0.549. The quantitative estimate of drug-likeness (QED) is 0.831. The highest BCUT2D eigenvalue weighted by Crippen LogP contribution is 2.16. The Morgan fingerprint density at radius 3 is 1.68 bits per heavy atom. The van der Waals surface area contributed by atoms with Crippen LogP contribution in [-0.4, -0.2) is 24.3 Å². The van der Waals surface area contributed by atoms with E-state index >= 15 is 0 Å². The lowest BCUT2D eigenvalue weighted by Gasteiger charge is -2.13. The van der Waals surface area contributed by atoms with Crippen molar-refractivity contribution in [1.82, 2.24) is 24.3 Å². The van der Waals surface area contributed by atoms with Crippen molar-refractivity contribution in [1.29, 1.82) is 0 Å². The normalized spacial score (nSPS) is 11.5. The summed E-state index contributed by atoms with van der Waals surface area (Å²) >= 11 is 0. The van der Waals surface area contributed by atoms with Crippen molar-refractivity contribution >= 4 is 0 Å². The molecule has 2 aromatic rings. The lowest BCUT2D eigenvalue weighted by atomic mass is 10.2. The lowest BCUT2D eigenvalue weighted by Crippen LogP contribution is -2.06. The largest absolute Gasteiger partial charge is 0.332 e. The van der Waals surface area contributed by atoms with Crippen LogP contribution in [0.2, 0.25) is 0 Å². The van der Waals surface area contributed by atoms with Crippen LogP contribution in [0.15, 0.2) is 18.7 Å². The first-order chi connectivity index (χ1) is 10.3. The molecule has 0 saturated carbocycles. The van der Waals surface area contributed by atoms with E-state index in [0.29, 0.717) is 23.9 Å². The summed E-state index contributed by atoms with van der Waals surface area (Å²) in [5.41, 5.74) is 0. The van der Waals surface area contributed by atoms with Crippen molar-refractivity contribution in [2.75, 3.05) is 0 Å². The average Bonchev–Trinajstić information content (AvgIpc) is 3.08. The van der Waals surface area contributed by atoms with Gasteiger partial charge in [-0.15, -0.1) is 10.2 Å². The molecule has 22 heavy (non-hydrogen) atoms. The summed E-state index contributed by atoms with van der Waals surface area (Å²) in [6.07, 6.45) is 5.70. The molecule has 0 atom stereocenters. The van der Waals surface area contributed by atoms with E-state index in [9.17, 15) is 0 Å². The molecule has 0 aliphatic heterocycles. The van der Waals surface area contributed by atoms with Crippen LogP contribution >= 0.6 is 0 Å². The average molecular weight is 305 g/mol. The molecule has 0 radical (unpaired) electrons. The van der Waals surface area contributed by atoms with Gasteiger partial charge in [0.15, 0.2) is 0 Å². The van der Waals surface area contributed by atoms with Crippen LogP contribution in [0.5, 0.6) is 0 Å². The topological polar surface area (TPSA) is 48.5 Å². The fraction of sp³-hybridized carbons (Fsp3) is 0.706. The smallest absolute Gasteiger partial charge is 0.135 e. The minimum atomic E-state index is 0.458. The number of aromatic nitrogens is 5. The predicted octanol–water partition coefficient (Wildman–Crippen LogP) is 4.57. The van der Waals surface area contributed by atoms with Crippen molar-refractivity contribution in [2.45, 2.75) is 79.3 Å². The Kier molecular flexibility index (Phi) is 6.78. The molecule has 0 spiro atoms. The monoisotopic (exact) mass is 305 g/mol. The Bertz CT molecular complexity index is 454. The molecule has 0 bridgehead atoms. The molecule has 2 aromatic heterocycles. The van der Waals surface area contributed by atoms with E-state index in [1.165, 1.54) is 5.82 Å². The molecule has 0 aromatic carbocycles. The van der Waals surface area contributed by atoms with Crippen LogP contribution in [0.3, 0.4) is 0 Å². The Labute approximate surface area is 134 Å². The predicted molar refractivity (Wildman–Crippen MR) is 91.2 cm³/mol. The third kappa shape index (κ3) is 4.68. The van der Waals surface area contributed by atoms with Crippen LogP contribution in [0.1, 0.15) is 91.0 Å². The Balaban J connectivity index is 0.000000220. The highest BCUT2D eigenvalue weighted by atomic mass is 15.3. The van der Waals surface area contributed by atoms with Gasteiger partial charge in [-0.1, -0.05) is 27.7 Å². The van der Waals surface area contributed by atoms with Gasteiger partial charge in [0, 0.05) is 36.3 Å². The first-order valence-electron chi connectivity index (χ1n) is 8.17. The molecule has 0 N–H and O–H groups in total. The molecule has 0 aliphatic rings. The maximum absolute atomic E-state index is 4.30. The van der Waals surface area contributed by atoms with Crippen LogP contribution in [0, 0.1) is 0 Å². The fourth-order valence-corrected chi connectivity index (χ4v) is 2.27. The van der Waals surface area contributed by atoms with Crippen molar-refractivity contribution in [2.24, 2.45) is 0 Å². The van der Waals surface area contributed by atoms with Gasteiger partial charge in [0.2, 0.25) is 0 Å². The number of hydrogen-bond donors (Lipinski definition) is 0. The highest BCUT2D eigenvalue weighted by Gasteiger charge is 2.10. The molecule has 0 amide bonds. The maximum Gasteiger partial charge on any atom is 0.135 e. The molecule has 0 unspecified atom stereocenters. The molecule has 124 valence electrons. The summed E-state index contributed by atoms with van der Waals surface area (Å²) in [4.78, 5) is 4.30. The Hall–Kier alpha value is -1.65. The van der Waals surface area contributed by atoms with Gasteiger partial charge in [-0.3, -0.25) is 0 Å². The maximum atomic E-state index is 4.30. The zero-order valence-electron chi connectivity index (χ0n) is 15.3. The van der Waals surface area contributed by atoms with E-state index in [4.69, 9.17) is 0 Å². The van der Waals surface area contributed by atoms with Crippen molar-refractivity contribution < 1.29 is 0 Å². The summed E-state index contributed by atoms with van der Waals surface area (Å²) < 4.78 is 4.31. The van der Waals surface area contributed by atoms with Gasteiger partial charge in [0.25, 0.3) is 0 Å². The minimum absolute atomic E-state index is 0.458. The summed E-state index contributed by atoms with van der Waals surface area (Å²) in [5, 5.41) is 7.93. The van der Waals surface area contributed by atoms with E-state index in [1.807, 2.05) is 12.4 Å². The van der Waals surface area contributed by atoms with Gasteiger partial charge < -0.3 is 9.13 Å². The standard InChI is InChI=1S/C9H16N2.C8H15N3/c1-7(2)9-10-5-6-11(9)8(3)4;1-6(2)8-10-9-5-11(8)7(3)4/h5-8H,1-4H3;5-7H,1-4H3. The number of nitrogens with zero attached hydrogens (tertiary/aromatic N) is 5. The molecule has 0 fully saturated rings.